The van der Waals surface area contributed by atoms with Crippen molar-refractivity contribution in [2.75, 3.05) is 6.61 Å². The van der Waals surface area contributed by atoms with Crippen molar-refractivity contribution in [2.24, 2.45) is 0 Å². The van der Waals surface area contributed by atoms with E-state index in [1.807, 2.05) is 19.1 Å². The van der Waals surface area contributed by atoms with Gasteiger partial charge in [-0.25, -0.2) is 4.39 Å². The van der Waals surface area contributed by atoms with Crippen molar-refractivity contribution < 1.29 is 9.50 Å². The van der Waals surface area contributed by atoms with E-state index in [-0.39, 0.29) is 12.4 Å². The molecule has 1 N–H and O–H groups in total. The zero-order chi connectivity index (χ0) is 16.0. The lowest BCUT2D eigenvalue weighted by atomic mass is 10.1. The van der Waals surface area contributed by atoms with Crippen LogP contribution in [0.1, 0.15) is 34.7 Å². The predicted molar refractivity (Wildman–Crippen MR) is 91.4 cm³/mol. The zero-order valence-electron chi connectivity index (χ0n) is 13.3. The van der Waals surface area contributed by atoms with Gasteiger partial charge in [-0.1, -0.05) is 29.9 Å². The molecule has 0 spiro atoms. The molecular formula is C18H23FOS. The van der Waals surface area contributed by atoms with Crippen LogP contribution in [0.25, 0.3) is 6.08 Å². The predicted octanol–water partition coefficient (Wildman–Crippen LogP) is 5.42. The first-order chi connectivity index (χ1) is 9.86. The summed E-state index contributed by atoms with van der Waals surface area (Å²) in [6.45, 7) is 9.83. The standard InChI is InChI=1S/C18H23FOS/c1-12(10-11-20)6-9-18(19)13(2)7-8-17-14(3)15(4)21-16(17)5/h6-10,20H,11H2,1-5H3. The SMILES string of the molecule is CC(C=CC(F)=C(C)C=Cc1c(C)sc(C)c1C)=CCO. The van der Waals surface area contributed by atoms with Crippen LogP contribution in [-0.2, 0) is 0 Å². The summed E-state index contributed by atoms with van der Waals surface area (Å²) in [5.74, 6) is -0.265. The maximum Gasteiger partial charge on any atom is 0.126 e. The summed E-state index contributed by atoms with van der Waals surface area (Å²) in [6.07, 6.45) is 8.52. The highest BCUT2D eigenvalue weighted by molar-refractivity contribution is 7.12. The van der Waals surface area contributed by atoms with E-state index in [0.717, 1.165) is 5.57 Å². The van der Waals surface area contributed by atoms with Gasteiger partial charge in [0.05, 0.1) is 6.61 Å². The molecule has 0 fully saturated rings. The number of hydrogen-bond donors (Lipinski definition) is 1. The van der Waals surface area contributed by atoms with Crippen LogP contribution in [-0.4, -0.2) is 11.7 Å². The van der Waals surface area contributed by atoms with E-state index < -0.39 is 0 Å². The highest BCUT2D eigenvalue weighted by atomic mass is 32.1. The maximum absolute atomic E-state index is 14.0. The molecular weight excluding hydrogens is 283 g/mol. The summed E-state index contributed by atoms with van der Waals surface area (Å²) in [5, 5.41) is 8.75. The van der Waals surface area contributed by atoms with E-state index in [9.17, 15) is 4.39 Å². The molecule has 114 valence electrons. The normalized spacial score (nSPS) is 14.3. The number of rotatable bonds is 5. The van der Waals surface area contributed by atoms with Gasteiger partial charge in [-0.15, -0.1) is 11.3 Å². The minimum Gasteiger partial charge on any atom is -0.392 e. The van der Waals surface area contributed by atoms with Gasteiger partial charge in [0.15, 0.2) is 0 Å². The molecule has 0 atom stereocenters. The molecule has 0 radical (unpaired) electrons. The molecule has 0 aliphatic carbocycles. The molecule has 0 bridgehead atoms. The van der Waals surface area contributed by atoms with Crippen LogP contribution in [0.5, 0.6) is 0 Å². The molecule has 1 aromatic heterocycles. The Labute approximate surface area is 130 Å². The molecule has 0 saturated carbocycles. The summed E-state index contributed by atoms with van der Waals surface area (Å²) >= 11 is 1.77. The third-order valence-corrected chi connectivity index (χ3v) is 4.54. The minimum absolute atomic E-state index is 0.0313. The van der Waals surface area contributed by atoms with Crippen LogP contribution < -0.4 is 0 Å². The highest BCUT2D eigenvalue weighted by Gasteiger charge is 2.06. The summed E-state index contributed by atoms with van der Waals surface area (Å²) < 4.78 is 14.0. The minimum atomic E-state index is -0.265. The molecule has 1 rings (SSSR count). The first-order valence-corrected chi connectivity index (χ1v) is 7.75. The van der Waals surface area contributed by atoms with Crippen LogP contribution in [0.2, 0.25) is 0 Å². The van der Waals surface area contributed by atoms with Gasteiger partial charge in [-0.05, 0) is 57.4 Å². The summed E-state index contributed by atoms with van der Waals surface area (Å²) in [6, 6.07) is 0. The van der Waals surface area contributed by atoms with Gasteiger partial charge in [0.2, 0.25) is 0 Å². The maximum atomic E-state index is 14.0. The second-order valence-corrected chi connectivity index (χ2v) is 6.51. The van der Waals surface area contributed by atoms with Crippen LogP contribution >= 0.6 is 11.3 Å². The molecule has 1 aromatic rings. The van der Waals surface area contributed by atoms with Crippen molar-refractivity contribution in [1.29, 1.82) is 0 Å². The number of aliphatic hydroxyl groups excluding tert-OH is 1. The Kier molecular flexibility index (Phi) is 6.79. The van der Waals surface area contributed by atoms with Crippen molar-refractivity contribution in [2.45, 2.75) is 34.6 Å². The van der Waals surface area contributed by atoms with Gasteiger partial charge < -0.3 is 5.11 Å². The Morgan fingerprint density at radius 1 is 1.10 bits per heavy atom. The van der Waals surface area contributed by atoms with Crippen LogP contribution in [0.15, 0.2) is 41.3 Å². The first-order valence-electron chi connectivity index (χ1n) is 6.93. The fourth-order valence-electron chi connectivity index (χ4n) is 1.89. The average Bonchev–Trinajstić information content (AvgIpc) is 2.67. The Morgan fingerprint density at radius 2 is 1.76 bits per heavy atom. The third-order valence-electron chi connectivity index (χ3n) is 3.40. The lowest BCUT2D eigenvalue weighted by molar-refractivity contribution is 0.342. The molecule has 0 saturated heterocycles. The molecule has 1 heterocycles. The van der Waals surface area contributed by atoms with E-state index in [2.05, 4.69) is 20.8 Å². The largest absolute Gasteiger partial charge is 0.392 e. The molecule has 0 amide bonds. The highest BCUT2D eigenvalue weighted by Crippen LogP contribution is 2.28. The van der Waals surface area contributed by atoms with Gasteiger partial charge in [-0.2, -0.15) is 0 Å². The molecule has 0 aliphatic heterocycles. The van der Waals surface area contributed by atoms with Gasteiger partial charge in [-0.3, -0.25) is 0 Å². The summed E-state index contributed by atoms with van der Waals surface area (Å²) in [5.41, 5.74) is 3.87. The molecule has 0 unspecified atom stereocenters. The van der Waals surface area contributed by atoms with Crippen LogP contribution in [0.3, 0.4) is 0 Å². The molecule has 21 heavy (non-hydrogen) atoms. The van der Waals surface area contributed by atoms with Gasteiger partial charge >= 0.3 is 0 Å². The Bertz CT molecular complexity index is 615. The number of aliphatic hydroxyl groups is 1. The third kappa shape index (κ3) is 5.10. The second-order valence-electron chi connectivity index (χ2n) is 5.08. The van der Waals surface area contributed by atoms with Gasteiger partial charge in [0, 0.05) is 9.75 Å². The Balaban J connectivity index is 2.92. The van der Waals surface area contributed by atoms with Gasteiger partial charge in [0.1, 0.15) is 5.83 Å². The molecule has 0 aromatic carbocycles. The molecule has 3 heteroatoms. The summed E-state index contributed by atoms with van der Waals surface area (Å²) in [7, 11) is 0. The Morgan fingerprint density at radius 3 is 2.29 bits per heavy atom. The second kappa shape index (κ2) is 8.11. The van der Waals surface area contributed by atoms with E-state index >= 15 is 0 Å². The quantitative estimate of drug-likeness (QED) is 0.720. The average molecular weight is 306 g/mol. The number of allylic oxidation sites excluding steroid dienone is 6. The van der Waals surface area contributed by atoms with E-state index in [4.69, 9.17) is 5.11 Å². The van der Waals surface area contributed by atoms with Crippen molar-refractivity contribution >= 4 is 17.4 Å². The molecule has 0 aliphatic rings. The lowest BCUT2D eigenvalue weighted by Gasteiger charge is -1.97. The summed E-state index contributed by atoms with van der Waals surface area (Å²) in [4.78, 5) is 2.56. The lowest BCUT2D eigenvalue weighted by Crippen LogP contribution is -1.80. The van der Waals surface area contributed by atoms with E-state index in [1.165, 1.54) is 27.0 Å². The fourth-order valence-corrected chi connectivity index (χ4v) is 2.95. The molecule has 1 nitrogen and oxygen atoms in total. The number of halogens is 1. The number of thiophene rings is 1. The van der Waals surface area contributed by atoms with E-state index in [0.29, 0.717) is 5.57 Å². The van der Waals surface area contributed by atoms with Crippen LogP contribution in [0.4, 0.5) is 4.39 Å². The fraction of sp³-hybridized carbons (Fsp3) is 0.333. The monoisotopic (exact) mass is 306 g/mol. The van der Waals surface area contributed by atoms with Crippen molar-refractivity contribution in [3.63, 3.8) is 0 Å². The van der Waals surface area contributed by atoms with Crippen molar-refractivity contribution in [1.82, 2.24) is 0 Å². The number of hydrogen-bond acceptors (Lipinski definition) is 2. The Hall–Kier alpha value is -1.45. The van der Waals surface area contributed by atoms with Crippen molar-refractivity contribution in [3.8, 4) is 0 Å². The van der Waals surface area contributed by atoms with Crippen molar-refractivity contribution in [3.05, 3.63) is 62.2 Å². The van der Waals surface area contributed by atoms with Gasteiger partial charge in [0.25, 0.3) is 0 Å². The van der Waals surface area contributed by atoms with E-state index in [1.54, 1.807) is 30.4 Å². The topological polar surface area (TPSA) is 20.2 Å². The van der Waals surface area contributed by atoms with Crippen LogP contribution in [0, 0.1) is 20.8 Å². The zero-order valence-corrected chi connectivity index (χ0v) is 14.1. The number of aryl methyl sites for hydroxylation is 2. The first kappa shape index (κ1) is 17.6. The smallest absolute Gasteiger partial charge is 0.126 e.